The molecular weight excluding hydrogens is 328 g/mol. The first kappa shape index (κ1) is 18.9. The first-order valence-corrected chi connectivity index (χ1v) is 10.1. The maximum absolute atomic E-state index is 10.1. The fraction of sp³-hybridized carbons (Fsp3) is 0.579. The van der Waals surface area contributed by atoms with Gasteiger partial charge in [0.25, 0.3) is 0 Å². The topological polar surface area (TPSA) is 29.5 Å². The molecule has 0 saturated carbocycles. The van der Waals surface area contributed by atoms with Crippen LogP contribution >= 0.6 is 11.6 Å². The summed E-state index contributed by atoms with van der Waals surface area (Å²) in [4.78, 5) is 0. The molecule has 1 aromatic rings. The maximum atomic E-state index is 10.1. The molecule has 2 rings (SSSR count). The lowest BCUT2D eigenvalue weighted by Gasteiger charge is -2.36. The van der Waals surface area contributed by atoms with Crippen LogP contribution in [0.1, 0.15) is 45.2 Å². The number of aliphatic hydroxyl groups excluding tert-OH is 1. The Balaban J connectivity index is 2.19. The van der Waals surface area contributed by atoms with Crippen molar-refractivity contribution in [3.05, 3.63) is 40.4 Å². The quantitative estimate of drug-likeness (QED) is 0.793. The summed E-state index contributed by atoms with van der Waals surface area (Å²) in [5.74, 6) is 0. The van der Waals surface area contributed by atoms with Crippen LogP contribution in [0.4, 0.5) is 0 Å². The number of fused-ring (bicyclic) bond motifs is 1. The van der Waals surface area contributed by atoms with Crippen LogP contribution in [0, 0.1) is 0 Å². The minimum Gasteiger partial charge on any atom is -0.395 e. The molecule has 0 aliphatic heterocycles. The maximum Gasteiger partial charge on any atom is 0.215 e. The normalized spacial score (nSPS) is 23.4. The average molecular weight is 356 g/mol. The number of aliphatic hydroxyl groups is 1. The van der Waals surface area contributed by atoms with Crippen LogP contribution in [0.5, 0.6) is 0 Å². The number of allylic oxidation sites excluding steroid dienone is 1. The lowest BCUT2D eigenvalue weighted by atomic mass is 9.74. The number of halogens is 1. The summed E-state index contributed by atoms with van der Waals surface area (Å²) >= 11 is 6.11. The molecule has 0 saturated heterocycles. The third-order valence-electron chi connectivity index (χ3n) is 4.75. The fourth-order valence-electron chi connectivity index (χ4n) is 2.88. The van der Waals surface area contributed by atoms with Crippen LogP contribution in [0.2, 0.25) is 5.02 Å². The lowest BCUT2D eigenvalue weighted by molar-refractivity contribution is 0.0430. The minimum absolute atomic E-state index is 0.0751. The van der Waals surface area contributed by atoms with E-state index < -0.39 is 0 Å². The summed E-state index contributed by atoms with van der Waals surface area (Å²) in [7, 11) is 0.139. The molecule has 0 bridgehead atoms. The molecule has 1 unspecified atom stereocenters. The van der Waals surface area contributed by atoms with E-state index in [2.05, 4.69) is 46.1 Å². The predicted molar refractivity (Wildman–Crippen MR) is 102 cm³/mol. The number of rotatable bonds is 5. The smallest absolute Gasteiger partial charge is 0.215 e. The monoisotopic (exact) mass is 355 g/mol. The van der Waals surface area contributed by atoms with E-state index in [1.807, 2.05) is 18.2 Å². The summed E-state index contributed by atoms with van der Waals surface area (Å²) in [6.07, 6.45) is 7.24. The van der Waals surface area contributed by atoms with Gasteiger partial charge in [-0.2, -0.15) is 0 Å². The van der Waals surface area contributed by atoms with Gasteiger partial charge in [0, 0.05) is 28.3 Å². The highest BCUT2D eigenvalue weighted by Crippen LogP contribution is 2.38. The molecule has 4 heteroatoms. The first-order chi connectivity index (χ1) is 10.7. The standard InChI is InChI=1S/C19H28ClO2S/c1-14(23(5)18(2,3)4)22-13-19(12-21)10-6-7-15-11-16(20)8-9-17(15)19/h6-9,11,14,21H,10,12-13H2,1-5H3/q+1/t14-,19-,23?/m0/s1. The molecule has 128 valence electrons. The number of ether oxygens (including phenoxy) is 1. The molecule has 23 heavy (non-hydrogen) atoms. The van der Waals surface area contributed by atoms with E-state index >= 15 is 0 Å². The predicted octanol–water partition coefficient (Wildman–Crippen LogP) is 4.40. The van der Waals surface area contributed by atoms with Gasteiger partial charge >= 0.3 is 0 Å². The minimum atomic E-state index is -0.370. The fourth-order valence-corrected chi connectivity index (χ4v) is 4.33. The molecule has 1 N–H and O–H groups in total. The molecule has 0 aromatic heterocycles. The summed E-state index contributed by atoms with van der Waals surface area (Å²) in [6.45, 7) is 9.49. The molecule has 2 nitrogen and oxygen atoms in total. The van der Waals surface area contributed by atoms with Crippen molar-refractivity contribution >= 4 is 28.6 Å². The molecule has 0 spiro atoms. The number of hydrogen-bond acceptors (Lipinski definition) is 2. The number of hydrogen-bond donors (Lipinski definition) is 1. The summed E-state index contributed by atoms with van der Waals surface area (Å²) in [5, 5.41) is 10.8. The van der Waals surface area contributed by atoms with Crippen molar-refractivity contribution in [2.75, 3.05) is 19.5 Å². The highest BCUT2D eigenvalue weighted by molar-refractivity contribution is 7.97. The Hall–Kier alpha value is -0.480. The lowest BCUT2D eigenvalue weighted by Crippen LogP contribution is -2.42. The Morgan fingerprint density at radius 1 is 1.39 bits per heavy atom. The zero-order chi connectivity index (χ0) is 17.3. The van der Waals surface area contributed by atoms with Crippen molar-refractivity contribution in [2.45, 2.75) is 49.7 Å². The average Bonchev–Trinajstić information content (AvgIpc) is 2.50. The summed E-state index contributed by atoms with van der Waals surface area (Å²) in [5.41, 5.74) is 2.01. The van der Waals surface area contributed by atoms with E-state index in [9.17, 15) is 5.11 Å². The molecule has 1 aromatic carbocycles. The van der Waals surface area contributed by atoms with Gasteiger partial charge < -0.3 is 9.84 Å². The van der Waals surface area contributed by atoms with Gasteiger partial charge in [-0.05, 0) is 50.5 Å². The van der Waals surface area contributed by atoms with Crippen LogP contribution < -0.4 is 0 Å². The second-order valence-corrected chi connectivity index (χ2v) is 10.8. The molecule has 0 fully saturated rings. The van der Waals surface area contributed by atoms with E-state index in [0.29, 0.717) is 6.61 Å². The van der Waals surface area contributed by atoms with E-state index in [1.165, 1.54) is 0 Å². The molecule has 0 heterocycles. The molecule has 1 aliphatic rings. The van der Waals surface area contributed by atoms with Crippen LogP contribution in [0.3, 0.4) is 0 Å². The van der Waals surface area contributed by atoms with E-state index in [4.69, 9.17) is 16.3 Å². The zero-order valence-electron chi connectivity index (χ0n) is 14.7. The van der Waals surface area contributed by atoms with Gasteiger partial charge in [0.1, 0.15) is 11.0 Å². The molecular formula is C19H28ClO2S+. The van der Waals surface area contributed by atoms with Gasteiger partial charge in [0.15, 0.2) is 0 Å². The van der Waals surface area contributed by atoms with Gasteiger partial charge in [0.2, 0.25) is 5.44 Å². The SMILES string of the molecule is C[C@@H](OC[C@@]1(CO)CC=Cc2cc(Cl)ccc21)[S+](C)C(C)(C)C. The van der Waals surface area contributed by atoms with Crippen LogP contribution in [0.15, 0.2) is 24.3 Å². The van der Waals surface area contributed by atoms with Crippen LogP contribution in [-0.2, 0) is 21.0 Å². The van der Waals surface area contributed by atoms with Crippen molar-refractivity contribution in [3.8, 4) is 0 Å². The van der Waals surface area contributed by atoms with Crippen molar-refractivity contribution in [1.29, 1.82) is 0 Å². The van der Waals surface area contributed by atoms with Gasteiger partial charge in [-0.25, -0.2) is 0 Å². The number of benzene rings is 1. The van der Waals surface area contributed by atoms with Gasteiger partial charge in [-0.15, -0.1) is 0 Å². The second-order valence-electron chi connectivity index (χ2n) is 7.33. The Morgan fingerprint density at radius 3 is 2.70 bits per heavy atom. The van der Waals surface area contributed by atoms with E-state index in [-0.39, 0.29) is 33.1 Å². The largest absolute Gasteiger partial charge is 0.395 e. The van der Waals surface area contributed by atoms with Crippen molar-refractivity contribution in [2.24, 2.45) is 0 Å². The van der Waals surface area contributed by atoms with E-state index in [1.54, 1.807) is 0 Å². The zero-order valence-corrected chi connectivity index (χ0v) is 16.3. The molecule has 1 aliphatic carbocycles. The second kappa shape index (κ2) is 7.18. The molecule has 0 amide bonds. The van der Waals surface area contributed by atoms with Crippen LogP contribution in [-0.4, -0.2) is 34.8 Å². The molecule has 0 radical (unpaired) electrons. The highest BCUT2D eigenvalue weighted by Gasteiger charge is 2.39. The van der Waals surface area contributed by atoms with Crippen LogP contribution in [0.25, 0.3) is 6.08 Å². The Morgan fingerprint density at radius 2 is 2.09 bits per heavy atom. The molecule has 3 atom stereocenters. The Labute approximate surface area is 148 Å². The van der Waals surface area contributed by atoms with Crippen molar-refractivity contribution in [3.63, 3.8) is 0 Å². The van der Waals surface area contributed by atoms with Gasteiger partial charge in [-0.1, -0.05) is 29.8 Å². The van der Waals surface area contributed by atoms with E-state index in [0.717, 1.165) is 22.6 Å². The van der Waals surface area contributed by atoms with Gasteiger partial charge in [0.05, 0.1) is 13.2 Å². The Kier molecular flexibility index (Phi) is 5.89. The van der Waals surface area contributed by atoms with Crippen molar-refractivity contribution in [1.82, 2.24) is 0 Å². The third-order valence-corrected chi connectivity index (χ3v) is 8.05. The van der Waals surface area contributed by atoms with Crippen molar-refractivity contribution < 1.29 is 9.84 Å². The third kappa shape index (κ3) is 4.14. The summed E-state index contributed by atoms with van der Waals surface area (Å²) < 4.78 is 6.46. The first-order valence-electron chi connectivity index (χ1n) is 8.03. The Bertz CT molecular complexity index is 579. The highest BCUT2D eigenvalue weighted by atomic mass is 35.5. The van der Waals surface area contributed by atoms with Gasteiger partial charge in [-0.3, -0.25) is 0 Å². The summed E-state index contributed by atoms with van der Waals surface area (Å²) in [6, 6.07) is 5.88.